The van der Waals surface area contributed by atoms with Crippen molar-refractivity contribution in [3.63, 3.8) is 0 Å². The number of halogens is 1. The van der Waals surface area contributed by atoms with Gasteiger partial charge in [-0.05, 0) is 49.2 Å². The lowest BCUT2D eigenvalue weighted by atomic mass is 10.1. The van der Waals surface area contributed by atoms with Gasteiger partial charge in [-0.25, -0.2) is 8.42 Å². The predicted octanol–water partition coefficient (Wildman–Crippen LogP) is 3.11. The van der Waals surface area contributed by atoms with Crippen LogP contribution in [0.4, 0.5) is 0 Å². The average Bonchev–Trinajstić information content (AvgIpc) is 2.69. The molecule has 2 aromatic carbocycles. The van der Waals surface area contributed by atoms with E-state index >= 15 is 0 Å². The van der Waals surface area contributed by atoms with Crippen LogP contribution in [0.25, 0.3) is 0 Å². The molecule has 1 aliphatic heterocycles. The van der Waals surface area contributed by atoms with E-state index in [0.29, 0.717) is 29.4 Å². The molecule has 1 heterocycles. The van der Waals surface area contributed by atoms with Crippen molar-refractivity contribution in [2.45, 2.75) is 18.7 Å². The summed E-state index contributed by atoms with van der Waals surface area (Å²) in [6, 6.07) is 10.2. The van der Waals surface area contributed by atoms with E-state index in [1.54, 1.807) is 41.3 Å². The van der Waals surface area contributed by atoms with E-state index in [0.717, 1.165) is 11.1 Å². The van der Waals surface area contributed by atoms with Crippen LogP contribution < -0.4 is 4.74 Å². The van der Waals surface area contributed by atoms with Gasteiger partial charge in [0.1, 0.15) is 10.6 Å². The van der Waals surface area contributed by atoms with Crippen LogP contribution in [-0.4, -0.2) is 56.8 Å². The summed E-state index contributed by atoms with van der Waals surface area (Å²) in [4.78, 5) is 14.5. The summed E-state index contributed by atoms with van der Waals surface area (Å²) in [6.07, 6.45) is 0. The number of aryl methyl sites for hydroxylation is 2. The van der Waals surface area contributed by atoms with E-state index in [-0.39, 0.29) is 23.9 Å². The molecule has 1 aliphatic rings. The molecule has 0 aliphatic carbocycles. The summed E-state index contributed by atoms with van der Waals surface area (Å²) >= 11 is 6.11. The molecule has 0 unspecified atom stereocenters. The normalized spacial score (nSPS) is 15.5. The maximum absolute atomic E-state index is 13.2. The van der Waals surface area contributed by atoms with E-state index in [4.69, 9.17) is 16.3 Å². The van der Waals surface area contributed by atoms with Gasteiger partial charge in [-0.3, -0.25) is 4.79 Å². The highest BCUT2D eigenvalue weighted by Gasteiger charge is 2.33. The Morgan fingerprint density at radius 3 is 2.25 bits per heavy atom. The van der Waals surface area contributed by atoms with Crippen LogP contribution in [0.2, 0.25) is 5.02 Å². The minimum Gasteiger partial charge on any atom is -0.495 e. The summed E-state index contributed by atoms with van der Waals surface area (Å²) in [6.45, 7) is 4.82. The molecular weight excluding hydrogens is 400 g/mol. The third-order valence-electron chi connectivity index (χ3n) is 5.03. The number of nitrogens with zero attached hydrogens (tertiary/aromatic N) is 2. The first-order valence-corrected chi connectivity index (χ1v) is 10.8. The number of hydrogen-bond donors (Lipinski definition) is 0. The van der Waals surface area contributed by atoms with Gasteiger partial charge in [0.2, 0.25) is 10.0 Å². The molecule has 2 aromatic rings. The number of ether oxygens (including phenoxy) is 1. The minimum absolute atomic E-state index is 0.156. The third-order valence-corrected chi connectivity index (χ3v) is 7.28. The number of rotatable bonds is 4. The molecule has 3 rings (SSSR count). The lowest BCUT2D eigenvalue weighted by molar-refractivity contribution is 0.0698. The monoisotopic (exact) mass is 422 g/mol. The molecule has 0 bridgehead atoms. The standard InChI is InChI=1S/C20H23ClN2O4S/c1-14-12-18(27-3)19(13-15(14)2)28(25,26)23-10-8-22(9-11-23)20(24)16-6-4-5-7-17(16)21/h4-7,12-13H,8-11H2,1-3H3. The van der Waals surface area contributed by atoms with Crippen LogP contribution in [0.1, 0.15) is 21.5 Å². The summed E-state index contributed by atoms with van der Waals surface area (Å²) < 4.78 is 33.0. The van der Waals surface area contributed by atoms with Gasteiger partial charge in [-0.2, -0.15) is 4.31 Å². The van der Waals surface area contributed by atoms with Crippen LogP contribution in [-0.2, 0) is 10.0 Å². The Kier molecular flexibility index (Phi) is 5.98. The second kappa shape index (κ2) is 8.11. The number of piperazine rings is 1. The predicted molar refractivity (Wildman–Crippen MR) is 109 cm³/mol. The lowest BCUT2D eigenvalue weighted by Crippen LogP contribution is -2.50. The number of methoxy groups -OCH3 is 1. The lowest BCUT2D eigenvalue weighted by Gasteiger charge is -2.34. The average molecular weight is 423 g/mol. The Morgan fingerprint density at radius 1 is 1.04 bits per heavy atom. The number of benzene rings is 2. The molecule has 0 spiro atoms. The Morgan fingerprint density at radius 2 is 1.64 bits per heavy atom. The van der Waals surface area contributed by atoms with Gasteiger partial charge in [-0.15, -0.1) is 0 Å². The van der Waals surface area contributed by atoms with Crippen LogP contribution in [0.15, 0.2) is 41.3 Å². The highest BCUT2D eigenvalue weighted by atomic mass is 35.5. The van der Waals surface area contributed by atoms with Gasteiger partial charge in [0, 0.05) is 26.2 Å². The van der Waals surface area contributed by atoms with Crippen LogP contribution in [0, 0.1) is 13.8 Å². The van der Waals surface area contributed by atoms with E-state index in [1.807, 2.05) is 13.8 Å². The Hall–Kier alpha value is -2.09. The first-order valence-electron chi connectivity index (χ1n) is 8.95. The van der Waals surface area contributed by atoms with E-state index in [9.17, 15) is 13.2 Å². The maximum atomic E-state index is 13.2. The van der Waals surface area contributed by atoms with Crippen molar-refractivity contribution in [1.82, 2.24) is 9.21 Å². The summed E-state index contributed by atoms with van der Waals surface area (Å²) in [5, 5.41) is 0.391. The molecule has 0 N–H and O–H groups in total. The Balaban J connectivity index is 1.79. The van der Waals surface area contributed by atoms with Gasteiger partial charge >= 0.3 is 0 Å². The van der Waals surface area contributed by atoms with E-state index in [1.165, 1.54) is 11.4 Å². The fraction of sp³-hybridized carbons (Fsp3) is 0.350. The molecule has 0 radical (unpaired) electrons. The molecule has 8 heteroatoms. The highest BCUT2D eigenvalue weighted by molar-refractivity contribution is 7.89. The minimum atomic E-state index is -3.72. The second-order valence-corrected chi connectivity index (χ2v) is 9.08. The van der Waals surface area contributed by atoms with Crippen molar-refractivity contribution >= 4 is 27.5 Å². The molecule has 0 saturated carbocycles. The van der Waals surface area contributed by atoms with E-state index in [2.05, 4.69) is 0 Å². The Bertz CT molecular complexity index is 999. The smallest absolute Gasteiger partial charge is 0.255 e. The second-order valence-electron chi connectivity index (χ2n) is 6.76. The van der Waals surface area contributed by atoms with E-state index < -0.39 is 10.0 Å². The zero-order valence-electron chi connectivity index (χ0n) is 16.1. The molecule has 1 amide bonds. The molecule has 0 atom stereocenters. The van der Waals surface area contributed by atoms with Gasteiger partial charge in [0.25, 0.3) is 5.91 Å². The summed E-state index contributed by atoms with van der Waals surface area (Å²) in [5.74, 6) is 0.143. The van der Waals surface area contributed by atoms with Crippen molar-refractivity contribution in [1.29, 1.82) is 0 Å². The van der Waals surface area contributed by atoms with Gasteiger partial charge in [0.15, 0.2) is 0 Å². The van der Waals surface area contributed by atoms with Crippen molar-refractivity contribution < 1.29 is 17.9 Å². The molecule has 6 nitrogen and oxygen atoms in total. The number of carbonyl (C=O) groups is 1. The van der Waals surface area contributed by atoms with Crippen molar-refractivity contribution in [2.24, 2.45) is 0 Å². The van der Waals surface area contributed by atoms with Crippen LogP contribution in [0.5, 0.6) is 5.75 Å². The largest absolute Gasteiger partial charge is 0.495 e. The SMILES string of the molecule is COc1cc(C)c(C)cc1S(=O)(=O)N1CCN(C(=O)c2ccccc2Cl)CC1. The highest BCUT2D eigenvalue weighted by Crippen LogP contribution is 2.30. The summed E-state index contributed by atoms with van der Waals surface area (Å²) in [7, 11) is -2.26. The van der Waals surface area contributed by atoms with Crippen molar-refractivity contribution in [2.75, 3.05) is 33.3 Å². The zero-order valence-corrected chi connectivity index (χ0v) is 17.7. The maximum Gasteiger partial charge on any atom is 0.255 e. The zero-order chi connectivity index (χ0) is 20.5. The Labute approximate surface area is 170 Å². The molecule has 0 aromatic heterocycles. The van der Waals surface area contributed by atoms with Crippen LogP contribution >= 0.6 is 11.6 Å². The first-order chi connectivity index (χ1) is 13.3. The van der Waals surface area contributed by atoms with Crippen molar-refractivity contribution in [3.05, 3.63) is 58.1 Å². The third kappa shape index (κ3) is 3.87. The first kappa shape index (κ1) is 20.6. The molecule has 1 fully saturated rings. The molecule has 28 heavy (non-hydrogen) atoms. The fourth-order valence-electron chi connectivity index (χ4n) is 3.20. The summed E-state index contributed by atoms with van der Waals surface area (Å²) in [5.41, 5.74) is 2.27. The van der Waals surface area contributed by atoms with Gasteiger partial charge in [0.05, 0.1) is 17.7 Å². The van der Waals surface area contributed by atoms with Crippen molar-refractivity contribution in [3.8, 4) is 5.75 Å². The number of carbonyl (C=O) groups excluding carboxylic acids is 1. The number of amides is 1. The van der Waals surface area contributed by atoms with Crippen LogP contribution in [0.3, 0.4) is 0 Å². The molecule has 150 valence electrons. The molecular formula is C20H23ClN2O4S. The quantitative estimate of drug-likeness (QED) is 0.759. The number of sulfonamides is 1. The topological polar surface area (TPSA) is 66.9 Å². The fourth-order valence-corrected chi connectivity index (χ4v) is 5.06. The molecule has 1 saturated heterocycles. The number of hydrogen-bond acceptors (Lipinski definition) is 4. The van der Waals surface area contributed by atoms with Gasteiger partial charge in [-0.1, -0.05) is 23.7 Å². The van der Waals surface area contributed by atoms with Gasteiger partial charge < -0.3 is 9.64 Å².